The van der Waals surface area contributed by atoms with Gasteiger partial charge < -0.3 is 19.5 Å². The van der Waals surface area contributed by atoms with Crippen molar-refractivity contribution in [1.29, 1.82) is 0 Å². The first-order valence-electron chi connectivity index (χ1n) is 12.9. The molecule has 1 fully saturated rings. The molecule has 196 valence electrons. The Hall–Kier alpha value is -4.13. The number of ketones is 1. The molecule has 2 aliphatic rings. The van der Waals surface area contributed by atoms with E-state index in [-0.39, 0.29) is 29.8 Å². The van der Waals surface area contributed by atoms with Gasteiger partial charge in [0.25, 0.3) is 11.7 Å². The average Bonchev–Trinajstić information content (AvgIpc) is 3.17. The Morgan fingerprint density at radius 2 is 1.82 bits per heavy atom. The SMILES string of the molecule is CC(C)Oc1ccc(C2/C(=C(/O)c3ccc4c(c3)CCCO4)C(=O)C(=O)N2CCc2ccc(F)cc2)cc1. The van der Waals surface area contributed by atoms with Crippen LogP contribution in [0, 0.1) is 5.82 Å². The normalized spacial score (nSPS) is 18.4. The minimum Gasteiger partial charge on any atom is -0.507 e. The van der Waals surface area contributed by atoms with Crippen LogP contribution in [0.25, 0.3) is 5.76 Å². The number of rotatable bonds is 7. The van der Waals surface area contributed by atoms with Crippen LogP contribution in [0.5, 0.6) is 11.5 Å². The summed E-state index contributed by atoms with van der Waals surface area (Å²) < 4.78 is 24.8. The number of amides is 1. The largest absolute Gasteiger partial charge is 0.507 e. The molecule has 2 aliphatic heterocycles. The monoisotopic (exact) mass is 515 g/mol. The number of carbonyl (C=O) groups excluding carboxylic acids is 2. The number of hydrogen-bond acceptors (Lipinski definition) is 5. The molecule has 0 spiro atoms. The van der Waals surface area contributed by atoms with Crippen molar-refractivity contribution in [2.24, 2.45) is 0 Å². The fourth-order valence-corrected chi connectivity index (χ4v) is 5.02. The van der Waals surface area contributed by atoms with E-state index >= 15 is 0 Å². The van der Waals surface area contributed by atoms with E-state index in [4.69, 9.17) is 9.47 Å². The zero-order valence-electron chi connectivity index (χ0n) is 21.4. The Balaban J connectivity index is 1.54. The van der Waals surface area contributed by atoms with Crippen molar-refractivity contribution in [2.75, 3.05) is 13.2 Å². The summed E-state index contributed by atoms with van der Waals surface area (Å²) in [6.45, 7) is 4.73. The van der Waals surface area contributed by atoms with Gasteiger partial charge in [0.1, 0.15) is 23.1 Å². The predicted molar refractivity (Wildman–Crippen MR) is 142 cm³/mol. The van der Waals surface area contributed by atoms with E-state index in [1.807, 2.05) is 32.0 Å². The fraction of sp³-hybridized carbons (Fsp3) is 0.290. The number of aryl methyl sites for hydroxylation is 1. The third-order valence-electron chi connectivity index (χ3n) is 6.84. The molecule has 3 aromatic carbocycles. The second-order valence-corrected chi connectivity index (χ2v) is 9.88. The van der Waals surface area contributed by atoms with Crippen LogP contribution < -0.4 is 9.47 Å². The maximum Gasteiger partial charge on any atom is 0.295 e. The smallest absolute Gasteiger partial charge is 0.295 e. The third-order valence-corrected chi connectivity index (χ3v) is 6.84. The molecule has 0 aromatic heterocycles. The second-order valence-electron chi connectivity index (χ2n) is 9.88. The summed E-state index contributed by atoms with van der Waals surface area (Å²) in [5.41, 5.74) is 2.99. The van der Waals surface area contributed by atoms with E-state index in [0.29, 0.717) is 29.9 Å². The summed E-state index contributed by atoms with van der Waals surface area (Å²) in [4.78, 5) is 28.1. The molecule has 3 aromatic rings. The lowest BCUT2D eigenvalue weighted by Gasteiger charge is -2.26. The van der Waals surface area contributed by atoms with Crippen molar-refractivity contribution in [3.8, 4) is 11.5 Å². The number of ether oxygens (including phenoxy) is 2. The average molecular weight is 516 g/mol. The Labute approximate surface area is 221 Å². The summed E-state index contributed by atoms with van der Waals surface area (Å²) in [5, 5.41) is 11.4. The standard InChI is InChI=1S/C31H30FNO5/c1-19(2)38-25-12-7-21(8-13-25)28-27(29(34)23-9-14-26-22(18-23)4-3-17-37-26)30(35)31(36)33(28)16-15-20-5-10-24(32)11-6-20/h5-14,18-19,28,34H,3-4,15-17H2,1-2H3/b29-27-. The lowest BCUT2D eigenvalue weighted by Crippen LogP contribution is -2.31. The molecule has 5 rings (SSSR count). The number of hydrogen-bond donors (Lipinski definition) is 1. The summed E-state index contributed by atoms with van der Waals surface area (Å²) in [7, 11) is 0. The molecule has 0 radical (unpaired) electrons. The number of nitrogens with zero attached hydrogens (tertiary/aromatic N) is 1. The van der Waals surface area contributed by atoms with E-state index in [1.165, 1.54) is 17.0 Å². The minimum absolute atomic E-state index is 0.00446. The molecule has 0 bridgehead atoms. The lowest BCUT2D eigenvalue weighted by molar-refractivity contribution is -0.139. The molecule has 0 saturated carbocycles. The number of Topliss-reactive ketones (excluding diaryl/α,β-unsaturated/α-hetero) is 1. The Kier molecular flexibility index (Phi) is 7.18. The first-order valence-corrected chi connectivity index (χ1v) is 12.9. The van der Waals surface area contributed by atoms with E-state index in [1.54, 1.807) is 36.4 Å². The van der Waals surface area contributed by atoms with Gasteiger partial charge >= 0.3 is 0 Å². The van der Waals surface area contributed by atoms with Crippen molar-refractivity contribution >= 4 is 17.4 Å². The molecule has 1 N–H and O–H groups in total. The summed E-state index contributed by atoms with van der Waals surface area (Å²) in [6.07, 6.45) is 2.10. The van der Waals surface area contributed by atoms with Crippen molar-refractivity contribution < 1.29 is 28.6 Å². The molecule has 1 saturated heterocycles. The summed E-state index contributed by atoms with van der Waals surface area (Å²) in [5.74, 6) is -0.529. The van der Waals surface area contributed by atoms with Crippen molar-refractivity contribution in [1.82, 2.24) is 4.90 Å². The van der Waals surface area contributed by atoms with Gasteiger partial charge in [-0.3, -0.25) is 9.59 Å². The highest BCUT2D eigenvalue weighted by molar-refractivity contribution is 6.46. The van der Waals surface area contributed by atoms with Crippen LogP contribution in [0.2, 0.25) is 0 Å². The number of aliphatic hydroxyl groups excluding tert-OH is 1. The first kappa shape index (κ1) is 25.5. The number of carbonyl (C=O) groups is 2. The molecule has 1 amide bonds. The van der Waals surface area contributed by atoms with Gasteiger partial charge in [-0.25, -0.2) is 4.39 Å². The van der Waals surface area contributed by atoms with E-state index in [2.05, 4.69) is 0 Å². The molecule has 38 heavy (non-hydrogen) atoms. The zero-order chi connectivity index (χ0) is 26.8. The highest BCUT2D eigenvalue weighted by Crippen LogP contribution is 2.40. The van der Waals surface area contributed by atoms with Crippen LogP contribution in [0.3, 0.4) is 0 Å². The number of halogens is 1. The van der Waals surface area contributed by atoms with Crippen LogP contribution >= 0.6 is 0 Å². The van der Waals surface area contributed by atoms with Gasteiger partial charge in [0.05, 0.1) is 24.3 Å². The molecule has 2 heterocycles. The molecule has 7 heteroatoms. The molecular weight excluding hydrogens is 485 g/mol. The highest BCUT2D eigenvalue weighted by Gasteiger charge is 2.46. The fourth-order valence-electron chi connectivity index (χ4n) is 5.02. The van der Waals surface area contributed by atoms with E-state index in [0.717, 1.165) is 29.7 Å². The van der Waals surface area contributed by atoms with Crippen LogP contribution in [-0.2, 0) is 22.4 Å². The molecule has 1 atom stereocenters. The molecule has 1 unspecified atom stereocenters. The zero-order valence-corrected chi connectivity index (χ0v) is 21.4. The van der Waals surface area contributed by atoms with Crippen LogP contribution in [0.1, 0.15) is 48.6 Å². The van der Waals surface area contributed by atoms with Gasteiger partial charge in [0.15, 0.2) is 0 Å². The number of likely N-dealkylation sites (tertiary alicyclic amines) is 1. The van der Waals surface area contributed by atoms with Crippen molar-refractivity contribution in [3.05, 3.63) is 100 Å². The maximum atomic E-state index is 13.4. The molecule has 6 nitrogen and oxygen atoms in total. The predicted octanol–water partition coefficient (Wildman–Crippen LogP) is 5.60. The highest BCUT2D eigenvalue weighted by atomic mass is 19.1. The molecule has 0 aliphatic carbocycles. The number of aliphatic hydroxyl groups is 1. The van der Waals surface area contributed by atoms with Crippen LogP contribution in [0.15, 0.2) is 72.3 Å². The van der Waals surface area contributed by atoms with Crippen molar-refractivity contribution in [3.63, 3.8) is 0 Å². The van der Waals surface area contributed by atoms with Crippen LogP contribution in [-0.4, -0.2) is 41.0 Å². The topological polar surface area (TPSA) is 76.1 Å². The summed E-state index contributed by atoms with van der Waals surface area (Å²) >= 11 is 0. The Morgan fingerprint density at radius 1 is 1.08 bits per heavy atom. The number of benzene rings is 3. The van der Waals surface area contributed by atoms with Crippen molar-refractivity contribution in [2.45, 2.75) is 45.3 Å². The quantitative estimate of drug-likeness (QED) is 0.252. The lowest BCUT2D eigenvalue weighted by atomic mass is 9.94. The summed E-state index contributed by atoms with van der Waals surface area (Å²) in [6, 6.07) is 17.8. The van der Waals surface area contributed by atoms with Gasteiger partial charge in [0.2, 0.25) is 0 Å². The van der Waals surface area contributed by atoms with E-state index in [9.17, 15) is 19.1 Å². The minimum atomic E-state index is -0.782. The van der Waals surface area contributed by atoms with E-state index < -0.39 is 17.7 Å². The van der Waals surface area contributed by atoms with Gasteiger partial charge in [-0.15, -0.1) is 0 Å². The van der Waals surface area contributed by atoms with Gasteiger partial charge in [-0.05, 0) is 92.3 Å². The maximum absolute atomic E-state index is 13.4. The Morgan fingerprint density at radius 3 is 2.53 bits per heavy atom. The number of fused-ring (bicyclic) bond motifs is 1. The third kappa shape index (κ3) is 5.14. The van der Waals surface area contributed by atoms with Gasteiger partial charge in [-0.1, -0.05) is 24.3 Å². The Bertz CT molecular complexity index is 1380. The van der Waals surface area contributed by atoms with Gasteiger partial charge in [0, 0.05) is 12.1 Å². The molecular formula is C31H30FNO5. The van der Waals surface area contributed by atoms with Crippen LogP contribution in [0.4, 0.5) is 4.39 Å². The first-order chi connectivity index (χ1) is 18.3. The van der Waals surface area contributed by atoms with Gasteiger partial charge in [-0.2, -0.15) is 0 Å². The second kappa shape index (κ2) is 10.7.